The number of aryl methyl sites for hydroxylation is 1. The van der Waals surface area contributed by atoms with Crippen molar-refractivity contribution < 1.29 is 5.11 Å². The average Bonchev–Trinajstić information content (AvgIpc) is 3.16. The third-order valence-electron chi connectivity index (χ3n) is 5.52. The van der Waals surface area contributed by atoms with E-state index >= 15 is 0 Å². The molecule has 3 aromatic heterocycles. The highest BCUT2D eigenvalue weighted by Crippen LogP contribution is 2.22. The summed E-state index contributed by atoms with van der Waals surface area (Å²) >= 11 is 0. The molecular weight excluding hydrogens is 384 g/mol. The summed E-state index contributed by atoms with van der Waals surface area (Å²) in [5, 5.41) is 22.5. The first-order valence-electron chi connectivity index (χ1n) is 9.93. The second kappa shape index (κ2) is 7.38. The van der Waals surface area contributed by atoms with Crippen molar-refractivity contribution in [2.24, 2.45) is 0 Å². The Hall–Kier alpha value is -3.53. The number of piperazine rings is 1. The lowest BCUT2D eigenvalue weighted by Crippen LogP contribution is -2.47. The quantitative estimate of drug-likeness (QED) is 0.521. The fraction of sp³-hybridized carbons (Fsp3) is 0.350. The van der Waals surface area contributed by atoms with Crippen molar-refractivity contribution in [1.29, 1.82) is 0 Å². The number of benzene rings is 1. The van der Waals surface area contributed by atoms with Gasteiger partial charge in [0.1, 0.15) is 5.82 Å². The van der Waals surface area contributed by atoms with Crippen LogP contribution in [0.25, 0.3) is 16.6 Å². The molecule has 154 valence electrons. The van der Waals surface area contributed by atoms with Crippen LogP contribution in [0.2, 0.25) is 0 Å². The van der Waals surface area contributed by atoms with Gasteiger partial charge in [0.15, 0.2) is 11.5 Å². The normalized spacial score (nSPS) is 14.7. The standard InChI is InChI=1S/C20H22N8O2/c1-14-22-23-18-4-5-19(24-28(14)18)26-8-6-25(7-9-26)15-2-3-16-17(12-15)21-13-27(10-11-29)20(16)30/h2-5,12-13,29H,6-11H2,1H3. The minimum absolute atomic E-state index is 0.0891. The van der Waals surface area contributed by atoms with Crippen molar-refractivity contribution in [2.75, 3.05) is 42.6 Å². The van der Waals surface area contributed by atoms with Crippen molar-refractivity contribution >= 4 is 28.1 Å². The Bertz CT molecular complexity index is 1270. The highest BCUT2D eigenvalue weighted by atomic mass is 16.3. The van der Waals surface area contributed by atoms with Crippen molar-refractivity contribution in [3.8, 4) is 0 Å². The number of aliphatic hydroxyl groups is 1. The summed E-state index contributed by atoms with van der Waals surface area (Å²) in [7, 11) is 0. The van der Waals surface area contributed by atoms with E-state index in [9.17, 15) is 4.79 Å². The zero-order valence-electron chi connectivity index (χ0n) is 16.6. The zero-order chi connectivity index (χ0) is 20.7. The molecule has 5 rings (SSSR count). The molecule has 0 spiro atoms. The van der Waals surface area contributed by atoms with Gasteiger partial charge in [-0.15, -0.1) is 15.3 Å². The Kier molecular flexibility index (Phi) is 4.55. The SMILES string of the molecule is Cc1nnc2ccc(N3CCN(c4ccc5c(=O)n(CCO)cnc5c4)CC3)nn12. The van der Waals surface area contributed by atoms with Crippen LogP contribution >= 0.6 is 0 Å². The summed E-state index contributed by atoms with van der Waals surface area (Å²) in [6.07, 6.45) is 1.50. The van der Waals surface area contributed by atoms with Crippen LogP contribution in [-0.4, -0.2) is 67.3 Å². The van der Waals surface area contributed by atoms with Crippen LogP contribution in [-0.2, 0) is 6.54 Å². The van der Waals surface area contributed by atoms with Crippen LogP contribution in [0, 0.1) is 6.92 Å². The van der Waals surface area contributed by atoms with Crippen molar-refractivity contribution in [2.45, 2.75) is 13.5 Å². The number of aromatic nitrogens is 6. The first-order chi connectivity index (χ1) is 14.6. The van der Waals surface area contributed by atoms with Crippen molar-refractivity contribution in [3.05, 3.63) is 52.8 Å². The lowest BCUT2D eigenvalue weighted by molar-refractivity contribution is 0.274. The Morgan fingerprint density at radius 3 is 2.63 bits per heavy atom. The van der Waals surface area contributed by atoms with Crippen LogP contribution < -0.4 is 15.4 Å². The smallest absolute Gasteiger partial charge is 0.261 e. The molecule has 1 aliphatic rings. The molecule has 1 aliphatic heterocycles. The van der Waals surface area contributed by atoms with Gasteiger partial charge >= 0.3 is 0 Å². The third kappa shape index (κ3) is 3.14. The molecule has 0 radical (unpaired) electrons. The monoisotopic (exact) mass is 406 g/mol. The number of fused-ring (bicyclic) bond motifs is 2. The number of hydrogen-bond acceptors (Lipinski definition) is 8. The molecule has 1 aromatic carbocycles. The van der Waals surface area contributed by atoms with Gasteiger partial charge in [-0.3, -0.25) is 9.36 Å². The summed E-state index contributed by atoms with van der Waals surface area (Å²) in [5.74, 6) is 1.68. The van der Waals surface area contributed by atoms with E-state index in [0.717, 1.165) is 49.2 Å². The van der Waals surface area contributed by atoms with E-state index in [1.54, 1.807) is 4.52 Å². The van der Waals surface area contributed by atoms with E-state index in [1.807, 2.05) is 37.3 Å². The van der Waals surface area contributed by atoms with E-state index in [1.165, 1.54) is 10.9 Å². The fourth-order valence-corrected chi connectivity index (χ4v) is 3.86. The first-order valence-corrected chi connectivity index (χ1v) is 9.93. The highest BCUT2D eigenvalue weighted by Gasteiger charge is 2.20. The van der Waals surface area contributed by atoms with Gasteiger partial charge in [-0.05, 0) is 37.3 Å². The minimum Gasteiger partial charge on any atom is -0.395 e. The van der Waals surface area contributed by atoms with Crippen molar-refractivity contribution in [3.63, 3.8) is 0 Å². The molecule has 1 fully saturated rings. The lowest BCUT2D eigenvalue weighted by atomic mass is 10.2. The van der Waals surface area contributed by atoms with Crippen LogP contribution in [0.4, 0.5) is 11.5 Å². The molecule has 1 N–H and O–H groups in total. The maximum atomic E-state index is 12.5. The molecule has 0 bridgehead atoms. The van der Waals surface area contributed by atoms with Gasteiger partial charge in [0.2, 0.25) is 0 Å². The molecule has 30 heavy (non-hydrogen) atoms. The van der Waals surface area contributed by atoms with E-state index < -0.39 is 0 Å². The largest absolute Gasteiger partial charge is 0.395 e. The van der Waals surface area contributed by atoms with Crippen LogP contribution in [0.3, 0.4) is 0 Å². The topological polar surface area (TPSA) is 105 Å². The predicted molar refractivity (Wildman–Crippen MR) is 113 cm³/mol. The Morgan fingerprint density at radius 1 is 1.03 bits per heavy atom. The molecule has 0 amide bonds. The second-order valence-corrected chi connectivity index (χ2v) is 7.35. The van der Waals surface area contributed by atoms with Gasteiger partial charge in [0, 0.05) is 31.9 Å². The summed E-state index contributed by atoms with van der Waals surface area (Å²) in [4.78, 5) is 21.4. The Morgan fingerprint density at radius 2 is 1.83 bits per heavy atom. The zero-order valence-corrected chi connectivity index (χ0v) is 16.6. The molecule has 10 heteroatoms. The predicted octanol–water partition coefficient (Wildman–Crippen LogP) is 0.462. The molecule has 4 aromatic rings. The van der Waals surface area contributed by atoms with E-state index in [-0.39, 0.29) is 18.7 Å². The minimum atomic E-state index is -0.129. The summed E-state index contributed by atoms with van der Waals surface area (Å²) in [5.41, 5.74) is 2.34. The molecule has 4 heterocycles. The average molecular weight is 406 g/mol. The number of anilines is 2. The summed E-state index contributed by atoms with van der Waals surface area (Å²) < 4.78 is 3.20. The number of nitrogens with zero attached hydrogens (tertiary/aromatic N) is 8. The number of rotatable bonds is 4. The highest BCUT2D eigenvalue weighted by molar-refractivity contribution is 5.81. The van der Waals surface area contributed by atoms with Gasteiger partial charge in [0.25, 0.3) is 5.56 Å². The van der Waals surface area contributed by atoms with E-state index in [2.05, 4.69) is 30.1 Å². The van der Waals surface area contributed by atoms with Crippen LogP contribution in [0.5, 0.6) is 0 Å². The van der Waals surface area contributed by atoms with E-state index in [4.69, 9.17) is 5.11 Å². The first kappa shape index (κ1) is 18.5. The van der Waals surface area contributed by atoms with Gasteiger partial charge in [-0.25, -0.2) is 4.98 Å². The molecule has 0 aliphatic carbocycles. The second-order valence-electron chi connectivity index (χ2n) is 7.35. The van der Waals surface area contributed by atoms with Gasteiger partial charge < -0.3 is 14.9 Å². The molecule has 0 unspecified atom stereocenters. The molecule has 10 nitrogen and oxygen atoms in total. The Labute approximate surface area is 172 Å². The van der Waals surface area contributed by atoms with E-state index in [0.29, 0.717) is 10.9 Å². The lowest BCUT2D eigenvalue weighted by Gasteiger charge is -2.36. The van der Waals surface area contributed by atoms with Crippen LogP contribution in [0.15, 0.2) is 41.5 Å². The Balaban J connectivity index is 1.34. The van der Waals surface area contributed by atoms with Gasteiger partial charge in [0.05, 0.1) is 30.4 Å². The maximum absolute atomic E-state index is 12.5. The van der Waals surface area contributed by atoms with Gasteiger partial charge in [-0.2, -0.15) is 4.52 Å². The molecule has 1 saturated heterocycles. The number of hydrogen-bond donors (Lipinski definition) is 1. The third-order valence-corrected chi connectivity index (χ3v) is 5.52. The fourth-order valence-electron chi connectivity index (χ4n) is 3.86. The number of aliphatic hydroxyl groups excluding tert-OH is 1. The van der Waals surface area contributed by atoms with Crippen LogP contribution in [0.1, 0.15) is 5.82 Å². The van der Waals surface area contributed by atoms with Gasteiger partial charge in [-0.1, -0.05) is 0 Å². The molecular formula is C20H22N8O2. The summed E-state index contributed by atoms with van der Waals surface area (Å²) in [6, 6.07) is 9.67. The molecule has 0 atom stereocenters. The van der Waals surface area contributed by atoms with Crippen molar-refractivity contribution in [1.82, 2.24) is 29.4 Å². The summed E-state index contributed by atoms with van der Waals surface area (Å²) in [6.45, 7) is 5.41. The maximum Gasteiger partial charge on any atom is 0.261 e. The molecule has 0 saturated carbocycles.